The fourth-order valence-corrected chi connectivity index (χ4v) is 1.84. The third kappa shape index (κ3) is 2.56. The lowest BCUT2D eigenvalue weighted by Crippen LogP contribution is -2.04. The van der Waals surface area contributed by atoms with Crippen molar-refractivity contribution < 1.29 is 4.42 Å². The molecule has 0 atom stereocenters. The average Bonchev–Trinajstić information content (AvgIpc) is 2.71. The smallest absolute Gasteiger partial charge is 0.208 e. The highest BCUT2D eigenvalue weighted by Gasteiger charge is 2.07. The van der Waals surface area contributed by atoms with Crippen LogP contribution in [0.5, 0.6) is 0 Å². The first-order valence-corrected chi connectivity index (χ1v) is 6.21. The van der Waals surface area contributed by atoms with E-state index in [1.54, 1.807) is 6.20 Å². The lowest BCUT2D eigenvalue weighted by atomic mass is 10.2. The Morgan fingerprint density at radius 2 is 2.31 bits per heavy atom. The number of rotatable bonds is 3. The molecule has 1 heterocycles. The van der Waals surface area contributed by atoms with Gasteiger partial charge in [-0.3, -0.25) is 0 Å². The van der Waals surface area contributed by atoms with E-state index in [2.05, 4.69) is 32.9 Å². The Kier molecular flexibility index (Phi) is 3.83. The lowest BCUT2D eigenvalue weighted by Gasteiger charge is -1.99. The molecule has 5 heteroatoms. The summed E-state index contributed by atoms with van der Waals surface area (Å²) in [5, 5.41) is 3.71. The van der Waals surface area contributed by atoms with Gasteiger partial charge >= 0.3 is 0 Å². The highest BCUT2D eigenvalue weighted by atomic mass is 127. The first-order valence-electron chi connectivity index (χ1n) is 4.75. The number of nitrogens with one attached hydrogen (secondary N) is 1. The summed E-state index contributed by atoms with van der Waals surface area (Å²) in [7, 11) is 1.85. The molecule has 0 radical (unpaired) electrons. The van der Waals surface area contributed by atoms with Crippen molar-refractivity contribution in [3.05, 3.63) is 38.9 Å². The van der Waals surface area contributed by atoms with Crippen LogP contribution < -0.4 is 5.32 Å². The molecule has 1 N–H and O–H groups in total. The van der Waals surface area contributed by atoms with Crippen molar-refractivity contribution in [1.82, 2.24) is 10.3 Å². The van der Waals surface area contributed by atoms with Gasteiger partial charge in [-0.05, 0) is 41.8 Å². The van der Waals surface area contributed by atoms with Gasteiger partial charge in [-0.25, -0.2) is 4.98 Å². The van der Waals surface area contributed by atoms with Crippen molar-refractivity contribution in [2.75, 3.05) is 7.05 Å². The topological polar surface area (TPSA) is 38.1 Å². The normalized spacial score (nSPS) is 10.7. The minimum Gasteiger partial charge on any atom is -0.439 e. The second-order valence-electron chi connectivity index (χ2n) is 3.28. The number of hydrogen-bond acceptors (Lipinski definition) is 3. The molecule has 16 heavy (non-hydrogen) atoms. The molecule has 0 spiro atoms. The summed E-state index contributed by atoms with van der Waals surface area (Å²) in [6, 6.07) is 5.81. The average molecular weight is 349 g/mol. The third-order valence-corrected chi connectivity index (χ3v) is 3.66. The molecule has 0 aliphatic rings. The predicted molar refractivity (Wildman–Crippen MR) is 72.4 cm³/mol. The minimum atomic E-state index is 0.623. The Morgan fingerprint density at radius 1 is 1.50 bits per heavy atom. The zero-order valence-corrected chi connectivity index (χ0v) is 11.5. The van der Waals surface area contributed by atoms with Crippen LogP contribution in [0.4, 0.5) is 0 Å². The van der Waals surface area contributed by atoms with Gasteiger partial charge in [0.25, 0.3) is 0 Å². The molecule has 0 fully saturated rings. The zero-order valence-electron chi connectivity index (χ0n) is 8.63. The molecule has 84 valence electrons. The summed E-state index contributed by atoms with van der Waals surface area (Å²) in [6.07, 6.45) is 1.71. The summed E-state index contributed by atoms with van der Waals surface area (Å²) >= 11 is 8.24. The van der Waals surface area contributed by atoms with Crippen LogP contribution in [0.25, 0.3) is 11.3 Å². The van der Waals surface area contributed by atoms with Crippen molar-refractivity contribution in [3.8, 4) is 11.3 Å². The minimum absolute atomic E-state index is 0.623. The molecule has 0 aliphatic carbocycles. The monoisotopic (exact) mass is 348 g/mol. The second kappa shape index (κ2) is 5.16. The van der Waals surface area contributed by atoms with Crippen molar-refractivity contribution in [1.29, 1.82) is 0 Å². The Bertz CT molecular complexity index is 498. The Morgan fingerprint density at radius 3 is 3.00 bits per heavy atom. The van der Waals surface area contributed by atoms with E-state index in [0.717, 1.165) is 19.9 Å². The van der Waals surface area contributed by atoms with Gasteiger partial charge in [0.05, 0.1) is 17.8 Å². The fraction of sp³-hybridized carbons (Fsp3) is 0.182. The number of benzene rings is 1. The number of halogens is 2. The van der Waals surface area contributed by atoms with Crippen LogP contribution in [0, 0.1) is 3.57 Å². The number of hydrogen-bond donors (Lipinski definition) is 1. The van der Waals surface area contributed by atoms with Crippen LogP contribution in [-0.2, 0) is 6.54 Å². The Labute approximate surface area is 112 Å². The van der Waals surface area contributed by atoms with Gasteiger partial charge in [0.1, 0.15) is 0 Å². The molecule has 0 unspecified atom stereocenters. The van der Waals surface area contributed by atoms with E-state index < -0.39 is 0 Å². The van der Waals surface area contributed by atoms with E-state index >= 15 is 0 Å². The maximum Gasteiger partial charge on any atom is 0.208 e. The summed E-state index contributed by atoms with van der Waals surface area (Å²) in [4.78, 5) is 4.16. The van der Waals surface area contributed by atoms with Gasteiger partial charge < -0.3 is 9.73 Å². The number of oxazole rings is 1. The van der Waals surface area contributed by atoms with Crippen LogP contribution in [0.15, 0.2) is 28.8 Å². The van der Waals surface area contributed by atoms with Crippen molar-refractivity contribution >= 4 is 34.2 Å². The van der Waals surface area contributed by atoms with Gasteiger partial charge in [-0.1, -0.05) is 17.7 Å². The predicted octanol–water partition coefficient (Wildman–Crippen LogP) is 3.32. The van der Waals surface area contributed by atoms with Crippen LogP contribution in [0.2, 0.25) is 5.02 Å². The van der Waals surface area contributed by atoms with Gasteiger partial charge in [0, 0.05) is 9.13 Å². The van der Waals surface area contributed by atoms with E-state index in [9.17, 15) is 0 Å². The van der Waals surface area contributed by atoms with Gasteiger partial charge in [0.15, 0.2) is 5.76 Å². The van der Waals surface area contributed by atoms with E-state index in [-0.39, 0.29) is 0 Å². The van der Waals surface area contributed by atoms with Gasteiger partial charge in [-0.2, -0.15) is 0 Å². The largest absolute Gasteiger partial charge is 0.439 e. The molecule has 2 rings (SSSR count). The van der Waals surface area contributed by atoms with E-state index in [1.165, 1.54) is 0 Å². The summed E-state index contributed by atoms with van der Waals surface area (Å²) in [5.74, 6) is 1.41. The quantitative estimate of drug-likeness (QED) is 0.865. The standard InChI is InChI=1S/C11H10ClIN2O/c1-14-6-11-15-5-10(16-11)7-2-3-9(13)8(12)4-7/h2-5,14H,6H2,1H3. The molecule has 0 amide bonds. The van der Waals surface area contributed by atoms with Crippen LogP contribution in [0.3, 0.4) is 0 Å². The highest BCUT2D eigenvalue weighted by molar-refractivity contribution is 14.1. The Hall–Kier alpha value is -0.590. The van der Waals surface area contributed by atoms with Crippen molar-refractivity contribution in [2.24, 2.45) is 0 Å². The SMILES string of the molecule is CNCc1ncc(-c2ccc(I)c(Cl)c2)o1. The highest BCUT2D eigenvalue weighted by Crippen LogP contribution is 2.26. The lowest BCUT2D eigenvalue weighted by molar-refractivity contribution is 0.491. The summed E-state index contributed by atoms with van der Waals surface area (Å²) in [5.41, 5.74) is 0.945. The molecule has 1 aromatic carbocycles. The molecule has 0 aliphatic heterocycles. The molecule has 2 aromatic rings. The van der Waals surface area contributed by atoms with Crippen molar-refractivity contribution in [3.63, 3.8) is 0 Å². The summed E-state index contributed by atoms with van der Waals surface area (Å²) < 4.78 is 6.60. The summed E-state index contributed by atoms with van der Waals surface area (Å²) in [6.45, 7) is 0.623. The molecular formula is C11H10ClIN2O. The molecule has 1 aromatic heterocycles. The van der Waals surface area contributed by atoms with E-state index in [1.807, 2.05) is 25.2 Å². The van der Waals surface area contributed by atoms with Crippen LogP contribution >= 0.6 is 34.2 Å². The van der Waals surface area contributed by atoms with Crippen LogP contribution in [-0.4, -0.2) is 12.0 Å². The number of aromatic nitrogens is 1. The molecule has 0 saturated carbocycles. The molecular weight excluding hydrogens is 338 g/mol. The van der Waals surface area contributed by atoms with Crippen molar-refractivity contribution in [2.45, 2.75) is 6.54 Å². The van der Waals surface area contributed by atoms with Gasteiger partial charge in [-0.15, -0.1) is 0 Å². The maximum absolute atomic E-state index is 6.05. The molecule has 0 bridgehead atoms. The number of nitrogens with zero attached hydrogens (tertiary/aromatic N) is 1. The molecule has 3 nitrogen and oxygen atoms in total. The van der Waals surface area contributed by atoms with Crippen LogP contribution in [0.1, 0.15) is 5.89 Å². The maximum atomic E-state index is 6.05. The molecule has 0 saturated heterocycles. The second-order valence-corrected chi connectivity index (χ2v) is 4.85. The first kappa shape index (κ1) is 11.9. The Balaban J connectivity index is 2.31. The van der Waals surface area contributed by atoms with Gasteiger partial charge in [0.2, 0.25) is 5.89 Å². The third-order valence-electron chi connectivity index (χ3n) is 2.09. The van der Waals surface area contributed by atoms with E-state index in [0.29, 0.717) is 12.4 Å². The fourth-order valence-electron chi connectivity index (χ4n) is 1.33. The first-order chi connectivity index (χ1) is 7.70. The van der Waals surface area contributed by atoms with E-state index in [4.69, 9.17) is 16.0 Å². The zero-order chi connectivity index (χ0) is 11.5.